The zero-order chi connectivity index (χ0) is 10.3. The van der Waals surface area contributed by atoms with Crippen LogP contribution in [-0.4, -0.2) is 12.1 Å². The summed E-state index contributed by atoms with van der Waals surface area (Å²) in [6, 6.07) is 0. The van der Waals surface area contributed by atoms with E-state index in [1.165, 1.54) is 37.0 Å². The highest BCUT2D eigenvalue weighted by Crippen LogP contribution is 2.53. The number of hydrogen-bond donors (Lipinski definition) is 1. The van der Waals surface area contributed by atoms with E-state index in [9.17, 15) is 0 Å². The smallest absolute Gasteiger partial charge is 0.0277 e. The van der Waals surface area contributed by atoms with Crippen molar-refractivity contribution in [3.63, 3.8) is 0 Å². The van der Waals surface area contributed by atoms with Crippen LogP contribution in [0.5, 0.6) is 0 Å². The Morgan fingerprint density at radius 1 is 1.21 bits per heavy atom. The third-order valence-corrected chi connectivity index (χ3v) is 4.25. The molecule has 0 bridgehead atoms. The monoisotopic (exact) mass is 194 g/mol. The van der Waals surface area contributed by atoms with E-state index in [0.29, 0.717) is 0 Å². The lowest BCUT2D eigenvalue weighted by molar-refractivity contribution is 0.395. The van der Waals surface area contributed by atoms with Gasteiger partial charge in [0.15, 0.2) is 0 Å². The summed E-state index contributed by atoms with van der Waals surface area (Å²) in [5.74, 6) is 8.85. The first-order chi connectivity index (χ1) is 6.61. The summed E-state index contributed by atoms with van der Waals surface area (Å²) >= 11 is 0. The quantitative estimate of drug-likeness (QED) is 0.513. The third-order valence-electron chi connectivity index (χ3n) is 4.25. The van der Waals surface area contributed by atoms with Gasteiger partial charge < -0.3 is 5.01 Å². The van der Waals surface area contributed by atoms with Gasteiger partial charge in [-0.1, -0.05) is 12.5 Å². The maximum atomic E-state index is 5.85. The van der Waals surface area contributed by atoms with Crippen molar-refractivity contribution in [3.05, 3.63) is 11.3 Å². The molecule has 3 atom stereocenters. The summed E-state index contributed by atoms with van der Waals surface area (Å²) in [5, 5.41) is 1.82. The van der Waals surface area contributed by atoms with E-state index in [4.69, 9.17) is 5.84 Å². The molecule has 0 aromatic heterocycles. The SMILES string of the molecule is C/C1=C(\N(C)N)CCC2C(C)C2CC1. The number of allylic oxidation sites excluding steroid dienone is 2. The maximum absolute atomic E-state index is 5.85. The lowest BCUT2D eigenvalue weighted by atomic mass is 9.98. The molecule has 80 valence electrons. The zero-order valence-electron chi connectivity index (χ0n) is 9.59. The van der Waals surface area contributed by atoms with Crippen molar-refractivity contribution >= 4 is 0 Å². The fraction of sp³-hybridized carbons (Fsp3) is 0.833. The second-order valence-corrected chi connectivity index (χ2v) is 5.10. The molecule has 0 aromatic rings. The molecular formula is C12H22N2. The van der Waals surface area contributed by atoms with Crippen molar-refractivity contribution in [1.29, 1.82) is 0 Å². The van der Waals surface area contributed by atoms with Gasteiger partial charge in [-0.25, -0.2) is 5.84 Å². The van der Waals surface area contributed by atoms with Crippen LogP contribution in [0, 0.1) is 17.8 Å². The lowest BCUT2D eigenvalue weighted by Gasteiger charge is -2.22. The first-order valence-corrected chi connectivity index (χ1v) is 5.78. The Labute approximate surface area is 87.1 Å². The van der Waals surface area contributed by atoms with Crippen LogP contribution in [-0.2, 0) is 0 Å². The second-order valence-electron chi connectivity index (χ2n) is 5.10. The van der Waals surface area contributed by atoms with Crippen LogP contribution >= 0.6 is 0 Å². The molecule has 0 aromatic carbocycles. The summed E-state index contributed by atoms with van der Waals surface area (Å²) in [7, 11) is 1.97. The Balaban J connectivity index is 2.07. The molecule has 2 aliphatic rings. The number of hydrazine groups is 1. The van der Waals surface area contributed by atoms with E-state index in [1.807, 2.05) is 12.1 Å². The second kappa shape index (κ2) is 3.58. The van der Waals surface area contributed by atoms with Gasteiger partial charge in [0.25, 0.3) is 0 Å². The van der Waals surface area contributed by atoms with Crippen molar-refractivity contribution in [3.8, 4) is 0 Å². The Hall–Kier alpha value is -0.500. The van der Waals surface area contributed by atoms with Crippen LogP contribution in [0.1, 0.15) is 39.5 Å². The van der Waals surface area contributed by atoms with Crippen LogP contribution in [0.3, 0.4) is 0 Å². The number of fused-ring (bicyclic) bond motifs is 1. The summed E-state index contributed by atoms with van der Waals surface area (Å²) in [5.41, 5.74) is 2.88. The molecule has 2 rings (SSSR count). The normalized spacial score (nSPS) is 42.4. The van der Waals surface area contributed by atoms with Crippen LogP contribution in [0.15, 0.2) is 11.3 Å². The highest BCUT2D eigenvalue weighted by Gasteiger charge is 2.45. The van der Waals surface area contributed by atoms with Gasteiger partial charge in [0, 0.05) is 12.7 Å². The van der Waals surface area contributed by atoms with E-state index in [0.717, 1.165) is 17.8 Å². The first kappa shape index (κ1) is 10.0. The molecule has 2 nitrogen and oxygen atoms in total. The molecule has 3 unspecified atom stereocenters. The average molecular weight is 194 g/mol. The average Bonchev–Trinajstić information content (AvgIpc) is 2.68. The van der Waals surface area contributed by atoms with Crippen LogP contribution < -0.4 is 5.84 Å². The van der Waals surface area contributed by atoms with Gasteiger partial charge in [0.05, 0.1) is 0 Å². The highest BCUT2D eigenvalue weighted by atomic mass is 15.4. The van der Waals surface area contributed by atoms with E-state index in [2.05, 4.69) is 13.8 Å². The predicted molar refractivity (Wildman–Crippen MR) is 59.3 cm³/mol. The van der Waals surface area contributed by atoms with Crippen LogP contribution in [0.4, 0.5) is 0 Å². The van der Waals surface area contributed by atoms with Gasteiger partial charge in [0.2, 0.25) is 0 Å². The topological polar surface area (TPSA) is 29.3 Å². The highest BCUT2D eigenvalue weighted by molar-refractivity contribution is 5.14. The van der Waals surface area contributed by atoms with Crippen LogP contribution in [0.25, 0.3) is 0 Å². The Morgan fingerprint density at radius 2 is 1.79 bits per heavy atom. The van der Waals surface area contributed by atoms with E-state index in [-0.39, 0.29) is 0 Å². The minimum Gasteiger partial charge on any atom is -0.318 e. The van der Waals surface area contributed by atoms with Crippen LogP contribution in [0.2, 0.25) is 0 Å². The van der Waals surface area contributed by atoms with Gasteiger partial charge in [-0.3, -0.25) is 0 Å². The number of hydrogen-bond acceptors (Lipinski definition) is 2. The number of nitrogens with two attached hydrogens (primary N) is 1. The molecule has 2 N–H and O–H groups in total. The molecule has 0 radical (unpaired) electrons. The Kier molecular flexibility index (Phi) is 2.56. The van der Waals surface area contributed by atoms with Gasteiger partial charge in [-0.15, -0.1) is 0 Å². The minimum atomic E-state index is 0.977. The molecule has 14 heavy (non-hydrogen) atoms. The molecule has 0 saturated heterocycles. The Morgan fingerprint density at radius 3 is 2.36 bits per heavy atom. The van der Waals surface area contributed by atoms with Crippen molar-refractivity contribution in [2.45, 2.75) is 39.5 Å². The van der Waals surface area contributed by atoms with Crippen molar-refractivity contribution in [2.24, 2.45) is 23.6 Å². The molecule has 0 heterocycles. The summed E-state index contributed by atoms with van der Waals surface area (Å²) in [6.45, 7) is 4.65. The summed E-state index contributed by atoms with van der Waals surface area (Å²) in [6.07, 6.45) is 5.17. The molecule has 0 amide bonds. The molecule has 1 saturated carbocycles. The first-order valence-electron chi connectivity index (χ1n) is 5.78. The fourth-order valence-electron chi connectivity index (χ4n) is 3.11. The van der Waals surface area contributed by atoms with E-state index < -0.39 is 0 Å². The number of nitrogens with zero attached hydrogens (tertiary/aromatic N) is 1. The molecule has 0 aliphatic heterocycles. The maximum Gasteiger partial charge on any atom is 0.0277 e. The number of rotatable bonds is 1. The van der Waals surface area contributed by atoms with Gasteiger partial charge >= 0.3 is 0 Å². The molecule has 1 fully saturated rings. The molecular weight excluding hydrogens is 172 g/mol. The van der Waals surface area contributed by atoms with Gasteiger partial charge in [-0.05, 0) is 50.4 Å². The van der Waals surface area contributed by atoms with Crippen molar-refractivity contribution < 1.29 is 0 Å². The summed E-state index contributed by atoms with van der Waals surface area (Å²) < 4.78 is 0. The summed E-state index contributed by atoms with van der Waals surface area (Å²) in [4.78, 5) is 0. The molecule has 0 spiro atoms. The molecule has 2 heteroatoms. The fourth-order valence-corrected chi connectivity index (χ4v) is 3.11. The van der Waals surface area contributed by atoms with Gasteiger partial charge in [0.1, 0.15) is 0 Å². The molecule has 2 aliphatic carbocycles. The van der Waals surface area contributed by atoms with Crippen molar-refractivity contribution in [1.82, 2.24) is 5.01 Å². The van der Waals surface area contributed by atoms with Gasteiger partial charge in [-0.2, -0.15) is 0 Å². The predicted octanol–water partition coefficient (Wildman–Crippen LogP) is 2.52. The largest absolute Gasteiger partial charge is 0.318 e. The zero-order valence-corrected chi connectivity index (χ0v) is 9.59. The van der Waals surface area contributed by atoms with E-state index in [1.54, 1.807) is 0 Å². The minimum absolute atomic E-state index is 0.977. The standard InChI is InChI=1S/C12H22N2/c1-8-4-5-10-9(2)11(10)6-7-12(8)14(3)13/h9-11H,4-7,13H2,1-3H3/b12-8+. The lowest BCUT2D eigenvalue weighted by Crippen LogP contribution is -2.26. The van der Waals surface area contributed by atoms with E-state index >= 15 is 0 Å². The third kappa shape index (κ3) is 1.68. The van der Waals surface area contributed by atoms with Crippen molar-refractivity contribution in [2.75, 3.05) is 7.05 Å². The Bertz CT molecular complexity index is 255.